The molecule has 1 aromatic rings. The summed E-state index contributed by atoms with van der Waals surface area (Å²) >= 11 is 5.80. The molecule has 1 heterocycles. The van der Waals surface area contributed by atoms with Gasteiger partial charge in [0.2, 0.25) is 0 Å². The number of likely N-dealkylation sites (tertiary alicyclic amines) is 1. The number of rotatable bonds is 4. The first-order valence-corrected chi connectivity index (χ1v) is 8.21. The molecule has 0 bridgehead atoms. The SMILES string of the molecule is CC(OC(=O)c1cc(Cl)ccc1[N+](=O)[O-])C(=O)N1CCCCCC1. The van der Waals surface area contributed by atoms with Crippen LogP contribution in [-0.2, 0) is 9.53 Å². The van der Waals surface area contributed by atoms with Crippen molar-refractivity contribution in [2.24, 2.45) is 0 Å². The highest BCUT2D eigenvalue weighted by Gasteiger charge is 2.28. The molecule has 7 nitrogen and oxygen atoms in total. The number of ether oxygens (including phenoxy) is 1. The van der Waals surface area contributed by atoms with E-state index in [1.54, 1.807) is 4.90 Å². The molecule has 0 N–H and O–H groups in total. The molecule has 24 heavy (non-hydrogen) atoms. The Bertz CT molecular complexity index is 641. The zero-order valence-corrected chi connectivity index (χ0v) is 14.1. The molecule has 1 fully saturated rings. The molecule has 1 aliphatic rings. The molecule has 1 atom stereocenters. The Hall–Kier alpha value is -2.15. The summed E-state index contributed by atoms with van der Waals surface area (Å²) in [6, 6.07) is 3.63. The Labute approximate surface area is 144 Å². The van der Waals surface area contributed by atoms with Crippen LogP contribution in [0, 0.1) is 10.1 Å². The zero-order valence-electron chi connectivity index (χ0n) is 13.4. The van der Waals surface area contributed by atoms with Crippen LogP contribution in [0.2, 0.25) is 5.02 Å². The molecule has 0 radical (unpaired) electrons. The van der Waals surface area contributed by atoms with E-state index in [-0.39, 0.29) is 16.5 Å². The zero-order chi connectivity index (χ0) is 17.7. The van der Waals surface area contributed by atoms with Gasteiger partial charge in [0.1, 0.15) is 5.56 Å². The summed E-state index contributed by atoms with van der Waals surface area (Å²) in [6.45, 7) is 2.75. The number of benzene rings is 1. The van der Waals surface area contributed by atoms with Gasteiger partial charge in [-0.3, -0.25) is 14.9 Å². The van der Waals surface area contributed by atoms with E-state index >= 15 is 0 Å². The number of hydrogen-bond acceptors (Lipinski definition) is 5. The third kappa shape index (κ3) is 4.44. The minimum atomic E-state index is -1.01. The molecular formula is C16H19ClN2O5. The lowest BCUT2D eigenvalue weighted by Crippen LogP contribution is -2.40. The molecule has 0 spiro atoms. The Balaban J connectivity index is 2.09. The predicted molar refractivity (Wildman–Crippen MR) is 88.0 cm³/mol. The van der Waals surface area contributed by atoms with Crippen molar-refractivity contribution >= 4 is 29.2 Å². The first kappa shape index (κ1) is 18.2. The molecule has 1 unspecified atom stereocenters. The monoisotopic (exact) mass is 354 g/mol. The standard InChI is InChI=1S/C16H19ClN2O5/c1-11(15(20)18-8-4-2-3-5-9-18)24-16(21)13-10-12(17)6-7-14(13)19(22)23/h6-7,10-11H,2-5,8-9H2,1H3. The molecular weight excluding hydrogens is 336 g/mol. The van der Waals surface area contributed by atoms with Crippen LogP contribution in [0.4, 0.5) is 5.69 Å². The number of amides is 1. The van der Waals surface area contributed by atoms with Gasteiger partial charge in [-0.15, -0.1) is 0 Å². The summed E-state index contributed by atoms with van der Waals surface area (Å²) in [5.74, 6) is -1.21. The highest BCUT2D eigenvalue weighted by molar-refractivity contribution is 6.31. The number of carbonyl (C=O) groups is 2. The van der Waals surface area contributed by atoms with Crippen LogP contribution >= 0.6 is 11.6 Å². The van der Waals surface area contributed by atoms with Gasteiger partial charge < -0.3 is 9.64 Å². The van der Waals surface area contributed by atoms with Gasteiger partial charge in [-0.05, 0) is 31.9 Å². The van der Waals surface area contributed by atoms with Crippen LogP contribution in [-0.4, -0.2) is 40.9 Å². The highest BCUT2D eigenvalue weighted by atomic mass is 35.5. The Morgan fingerprint density at radius 1 is 1.25 bits per heavy atom. The number of nitro groups is 1. The quantitative estimate of drug-likeness (QED) is 0.470. The van der Waals surface area contributed by atoms with Gasteiger partial charge in [-0.1, -0.05) is 24.4 Å². The molecule has 2 rings (SSSR count). The molecule has 1 amide bonds. The second-order valence-electron chi connectivity index (χ2n) is 5.71. The minimum Gasteiger partial charge on any atom is -0.449 e. The molecule has 0 saturated carbocycles. The van der Waals surface area contributed by atoms with E-state index in [2.05, 4.69) is 0 Å². The van der Waals surface area contributed by atoms with Crippen LogP contribution < -0.4 is 0 Å². The Morgan fingerprint density at radius 2 is 1.88 bits per heavy atom. The van der Waals surface area contributed by atoms with Crippen LogP contribution in [0.15, 0.2) is 18.2 Å². The molecule has 8 heteroatoms. The van der Waals surface area contributed by atoms with Crippen molar-refractivity contribution in [3.63, 3.8) is 0 Å². The fraction of sp³-hybridized carbons (Fsp3) is 0.500. The number of carbonyl (C=O) groups excluding carboxylic acids is 2. The second kappa shape index (κ2) is 8.10. The third-order valence-electron chi connectivity index (χ3n) is 3.92. The first-order chi connectivity index (χ1) is 11.4. The highest BCUT2D eigenvalue weighted by Crippen LogP contribution is 2.24. The Morgan fingerprint density at radius 3 is 2.46 bits per heavy atom. The van der Waals surface area contributed by atoms with Crippen molar-refractivity contribution in [1.82, 2.24) is 4.90 Å². The summed E-state index contributed by atoms with van der Waals surface area (Å²) in [6.07, 6.45) is 2.99. The van der Waals surface area contributed by atoms with E-state index in [1.807, 2.05) is 0 Å². The van der Waals surface area contributed by atoms with Crippen molar-refractivity contribution in [2.45, 2.75) is 38.7 Å². The molecule has 1 saturated heterocycles. The molecule has 0 aliphatic carbocycles. The van der Waals surface area contributed by atoms with E-state index in [0.717, 1.165) is 31.7 Å². The van der Waals surface area contributed by atoms with Crippen molar-refractivity contribution in [3.05, 3.63) is 38.9 Å². The smallest absolute Gasteiger partial charge is 0.345 e. The summed E-state index contributed by atoms with van der Waals surface area (Å²) in [5, 5.41) is 11.2. The summed E-state index contributed by atoms with van der Waals surface area (Å²) in [5.41, 5.74) is -0.665. The lowest BCUT2D eigenvalue weighted by molar-refractivity contribution is -0.385. The third-order valence-corrected chi connectivity index (χ3v) is 4.16. The Kier molecular flexibility index (Phi) is 6.14. The minimum absolute atomic E-state index is 0.180. The van der Waals surface area contributed by atoms with Crippen LogP contribution in [0.25, 0.3) is 0 Å². The van der Waals surface area contributed by atoms with Gasteiger partial charge in [-0.25, -0.2) is 4.79 Å². The van der Waals surface area contributed by atoms with E-state index < -0.39 is 22.7 Å². The largest absolute Gasteiger partial charge is 0.449 e. The molecule has 1 aromatic carbocycles. The number of hydrogen-bond donors (Lipinski definition) is 0. The summed E-state index contributed by atoms with van der Waals surface area (Å²) in [7, 11) is 0. The molecule has 1 aliphatic heterocycles. The van der Waals surface area contributed by atoms with E-state index in [4.69, 9.17) is 16.3 Å². The average Bonchev–Trinajstić information content (AvgIpc) is 2.82. The van der Waals surface area contributed by atoms with Crippen molar-refractivity contribution in [3.8, 4) is 0 Å². The van der Waals surface area contributed by atoms with E-state index in [0.29, 0.717) is 13.1 Å². The van der Waals surface area contributed by atoms with E-state index in [9.17, 15) is 19.7 Å². The average molecular weight is 355 g/mol. The van der Waals surface area contributed by atoms with Gasteiger partial charge in [0.05, 0.1) is 4.92 Å². The second-order valence-corrected chi connectivity index (χ2v) is 6.14. The fourth-order valence-corrected chi connectivity index (χ4v) is 2.83. The fourth-order valence-electron chi connectivity index (χ4n) is 2.65. The molecule has 130 valence electrons. The van der Waals surface area contributed by atoms with Crippen molar-refractivity contribution in [1.29, 1.82) is 0 Å². The van der Waals surface area contributed by atoms with Crippen LogP contribution in [0.3, 0.4) is 0 Å². The maximum absolute atomic E-state index is 12.4. The predicted octanol–water partition coefficient (Wildman–Crippen LogP) is 3.20. The number of nitro benzene ring substituents is 1. The normalized spacial score (nSPS) is 16.2. The molecule has 0 aromatic heterocycles. The maximum Gasteiger partial charge on any atom is 0.345 e. The number of halogens is 1. The number of nitrogens with zero attached hydrogens (tertiary/aromatic N) is 2. The maximum atomic E-state index is 12.4. The van der Waals surface area contributed by atoms with Gasteiger partial charge in [0.15, 0.2) is 6.10 Å². The van der Waals surface area contributed by atoms with Crippen LogP contribution in [0.5, 0.6) is 0 Å². The van der Waals surface area contributed by atoms with Gasteiger partial charge in [0.25, 0.3) is 11.6 Å². The summed E-state index contributed by atoms with van der Waals surface area (Å²) < 4.78 is 5.14. The first-order valence-electron chi connectivity index (χ1n) is 7.84. The van der Waals surface area contributed by atoms with Crippen molar-refractivity contribution in [2.75, 3.05) is 13.1 Å². The van der Waals surface area contributed by atoms with Gasteiger partial charge >= 0.3 is 5.97 Å². The van der Waals surface area contributed by atoms with Crippen molar-refractivity contribution < 1.29 is 19.2 Å². The van der Waals surface area contributed by atoms with E-state index in [1.165, 1.54) is 19.1 Å². The lowest BCUT2D eigenvalue weighted by Gasteiger charge is -2.24. The van der Waals surface area contributed by atoms with Gasteiger partial charge in [0, 0.05) is 24.2 Å². The number of esters is 1. The summed E-state index contributed by atoms with van der Waals surface area (Å²) in [4.78, 5) is 36.6. The lowest BCUT2D eigenvalue weighted by atomic mass is 10.2. The van der Waals surface area contributed by atoms with Crippen LogP contribution in [0.1, 0.15) is 43.0 Å². The van der Waals surface area contributed by atoms with Gasteiger partial charge in [-0.2, -0.15) is 0 Å². The topological polar surface area (TPSA) is 89.7 Å².